The lowest BCUT2D eigenvalue weighted by Gasteiger charge is -2.11. The van der Waals surface area contributed by atoms with Gasteiger partial charge in [0.1, 0.15) is 4.99 Å². The second kappa shape index (κ2) is 5.44. The zero-order valence-corrected chi connectivity index (χ0v) is 11.2. The molecule has 0 aliphatic carbocycles. The molecule has 0 spiro atoms. The minimum Gasteiger partial charge on any atom is -0.389 e. The summed E-state index contributed by atoms with van der Waals surface area (Å²) in [5.74, 6) is 0. The van der Waals surface area contributed by atoms with Crippen LogP contribution in [0.25, 0.3) is 0 Å². The van der Waals surface area contributed by atoms with Gasteiger partial charge in [0.25, 0.3) is 0 Å². The number of nitrogens with one attached hydrogen (secondary N) is 1. The van der Waals surface area contributed by atoms with Crippen LogP contribution in [0.15, 0.2) is 29.1 Å². The Kier molecular flexibility index (Phi) is 3.93. The maximum atomic E-state index is 6.06. The fourth-order valence-electron chi connectivity index (χ4n) is 1.43. The minimum absolute atomic E-state index is 0.288. The van der Waals surface area contributed by atoms with E-state index in [0.29, 0.717) is 17.1 Å². The van der Waals surface area contributed by atoms with Gasteiger partial charge in [-0.1, -0.05) is 29.9 Å². The van der Waals surface area contributed by atoms with Gasteiger partial charge in [-0.25, -0.2) is 4.98 Å². The van der Waals surface area contributed by atoms with Crippen LogP contribution in [0.2, 0.25) is 5.02 Å². The predicted molar refractivity (Wildman–Crippen MR) is 76.8 cm³/mol. The van der Waals surface area contributed by atoms with E-state index in [-0.39, 0.29) is 4.99 Å². The first-order valence-electron chi connectivity index (χ1n) is 4.87. The monoisotopic (exact) mass is 283 g/mol. The first-order chi connectivity index (χ1) is 8.18. The van der Waals surface area contributed by atoms with Crippen LogP contribution in [0.5, 0.6) is 0 Å². The summed E-state index contributed by atoms with van der Waals surface area (Å²) in [7, 11) is 0. The number of thiocarbonyl (C=S) groups is 1. The molecule has 0 saturated carbocycles. The summed E-state index contributed by atoms with van der Waals surface area (Å²) in [5.41, 5.74) is 9.94. The molecule has 0 aliphatic rings. The number of halogens is 1. The van der Waals surface area contributed by atoms with Crippen molar-refractivity contribution in [1.82, 2.24) is 4.98 Å². The second-order valence-corrected chi connectivity index (χ2v) is 4.93. The van der Waals surface area contributed by atoms with Gasteiger partial charge in [-0.15, -0.1) is 11.3 Å². The lowest BCUT2D eigenvalue weighted by Crippen LogP contribution is -2.14. The largest absolute Gasteiger partial charge is 0.389 e. The number of rotatable bonds is 4. The number of nitrogens with zero attached hydrogens (tertiary/aromatic N) is 1. The van der Waals surface area contributed by atoms with Gasteiger partial charge in [-0.2, -0.15) is 0 Å². The molecule has 0 unspecified atom stereocenters. The molecule has 2 rings (SSSR count). The third kappa shape index (κ3) is 2.94. The van der Waals surface area contributed by atoms with Crippen molar-refractivity contribution in [1.29, 1.82) is 0 Å². The number of nitrogens with two attached hydrogens (primary N) is 1. The fourth-order valence-corrected chi connectivity index (χ4v) is 2.54. The molecule has 3 N–H and O–H groups in total. The van der Waals surface area contributed by atoms with E-state index in [4.69, 9.17) is 29.6 Å². The summed E-state index contributed by atoms with van der Waals surface area (Å²) in [6.07, 6.45) is 0. The Hall–Kier alpha value is -1.17. The second-order valence-electron chi connectivity index (χ2n) is 3.36. The molecule has 0 radical (unpaired) electrons. The van der Waals surface area contributed by atoms with Crippen molar-refractivity contribution in [3.8, 4) is 0 Å². The Labute approximate surface area is 114 Å². The van der Waals surface area contributed by atoms with Crippen LogP contribution in [-0.2, 0) is 6.54 Å². The van der Waals surface area contributed by atoms with Crippen LogP contribution >= 0.6 is 35.2 Å². The lowest BCUT2D eigenvalue weighted by atomic mass is 10.1. The van der Waals surface area contributed by atoms with E-state index in [1.807, 2.05) is 17.5 Å². The lowest BCUT2D eigenvalue weighted by molar-refractivity contribution is 1.07. The molecule has 2 aromatic rings. The molecule has 1 heterocycles. The maximum Gasteiger partial charge on any atom is 0.107 e. The maximum absolute atomic E-state index is 6.06. The third-order valence-corrected chi connectivity index (χ3v) is 3.36. The summed E-state index contributed by atoms with van der Waals surface area (Å²) in [5, 5.41) is 5.77. The van der Waals surface area contributed by atoms with Gasteiger partial charge < -0.3 is 11.1 Å². The van der Waals surface area contributed by atoms with Gasteiger partial charge in [0.2, 0.25) is 0 Å². The number of hydrogen-bond acceptors (Lipinski definition) is 4. The molecule has 0 fully saturated rings. The molecule has 17 heavy (non-hydrogen) atoms. The summed E-state index contributed by atoms with van der Waals surface area (Å²) in [6, 6.07) is 5.52. The average Bonchev–Trinajstić information content (AvgIpc) is 2.78. The highest BCUT2D eigenvalue weighted by Gasteiger charge is 2.09. The quantitative estimate of drug-likeness (QED) is 0.847. The molecule has 1 aromatic carbocycles. The summed E-state index contributed by atoms with van der Waals surface area (Å²) in [4.78, 5) is 4.48. The highest BCUT2D eigenvalue weighted by atomic mass is 35.5. The number of aromatic nitrogens is 1. The Morgan fingerprint density at radius 2 is 2.35 bits per heavy atom. The van der Waals surface area contributed by atoms with Gasteiger partial charge in [-0.3, -0.25) is 0 Å². The van der Waals surface area contributed by atoms with Crippen LogP contribution in [-0.4, -0.2) is 9.97 Å². The number of anilines is 1. The van der Waals surface area contributed by atoms with Crippen LogP contribution in [0.4, 0.5) is 5.69 Å². The van der Waals surface area contributed by atoms with Crippen molar-refractivity contribution in [3.05, 3.63) is 45.4 Å². The van der Waals surface area contributed by atoms with E-state index in [0.717, 1.165) is 11.4 Å². The van der Waals surface area contributed by atoms with Crippen molar-refractivity contribution in [3.63, 3.8) is 0 Å². The van der Waals surface area contributed by atoms with Gasteiger partial charge in [0.15, 0.2) is 0 Å². The minimum atomic E-state index is 0.288. The molecule has 0 saturated heterocycles. The van der Waals surface area contributed by atoms with E-state index >= 15 is 0 Å². The smallest absolute Gasteiger partial charge is 0.107 e. The van der Waals surface area contributed by atoms with E-state index < -0.39 is 0 Å². The third-order valence-electron chi connectivity index (χ3n) is 2.20. The first-order valence-corrected chi connectivity index (χ1v) is 6.60. The highest BCUT2D eigenvalue weighted by Crippen LogP contribution is 2.24. The Morgan fingerprint density at radius 1 is 1.53 bits per heavy atom. The zero-order valence-electron chi connectivity index (χ0n) is 8.81. The molecule has 6 heteroatoms. The number of benzene rings is 1. The van der Waals surface area contributed by atoms with Crippen LogP contribution < -0.4 is 11.1 Å². The van der Waals surface area contributed by atoms with Crippen molar-refractivity contribution in [2.24, 2.45) is 5.73 Å². The Bertz CT molecular complexity index is 526. The normalized spacial score (nSPS) is 10.2. The summed E-state index contributed by atoms with van der Waals surface area (Å²) in [6.45, 7) is 0.624. The highest BCUT2D eigenvalue weighted by molar-refractivity contribution is 7.80. The SMILES string of the molecule is NC(=S)c1c(Cl)cccc1NCc1cscn1. The van der Waals surface area contributed by atoms with Gasteiger partial charge >= 0.3 is 0 Å². The molecular weight excluding hydrogens is 274 g/mol. The topological polar surface area (TPSA) is 50.9 Å². The fraction of sp³-hybridized carbons (Fsp3) is 0.0909. The first kappa shape index (κ1) is 12.3. The molecular formula is C11H10ClN3S2. The van der Waals surface area contributed by atoms with E-state index in [1.54, 1.807) is 22.9 Å². The van der Waals surface area contributed by atoms with Crippen molar-refractivity contribution >= 4 is 45.8 Å². The molecule has 0 bridgehead atoms. The van der Waals surface area contributed by atoms with Gasteiger partial charge in [0, 0.05) is 11.1 Å². The number of thiazole rings is 1. The zero-order chi connectivity index (χ0) is 12.3. The van der Waals surface area contributed by atoms with Crippen LogP contribution in [0.3, 0.4) is 0 Å². The van der Waals surface area contributed by atoms with Crippen molar-refractivity contribution in [2.75, 3.05) is 5.32 Å². The summed E-state index contributed by atoms with van der Waals surface area (Å²) < 4.78 is 0. The molecule has 1 aromatic heterocycles. The van der Waals surface area contributed by atoms with E-state index in [9.17, 15) is 0 Å². The molecule has 3 nitrogen and oxygen atoms in total. The van der Waals surface area contributed by atoms with E-state index in [1.165, 1.54) is 0 Å². The Morgan fingerprint density at radius 3 is 3.00 bits per heavy atom. The van der Waals surface area contributed by atoms with Crippen LogP contribution in [0, 0.1) is 0 Å². The van der Waals surface area contributed by atoms with Crippen LogP contribution in [0.1, 0.15) is 11.3 Å². The molecule has 0 atom stereocenters. The van der Waals surface area contributed by atoms with Gasteiger partial charge in [0.05, 0.1) is 28.3 Å². The number of hydrogen-bond donors (Lipinski definition) is 2. The van der Waals surface area contributed by atoms with Crippen molar-refractivity contribution in [2.45, 2.75) is 6.54 Å². The standard InChI is InChI=1S/C11H10ClN3S2/c12-8-2-1-3-9(10(8)11(13)16)14-4-7-5-17-6-15-7/h1-3,5-6,14H,4H2,(H2,13,16). The molecule has 0 amide bonds. The summed E-state index contributed by atoms with van der Waals surface area (Å²) >= 11 is 12.6. The van der Waals surface area contributed by atoms with Gasteiger partial charge in [-0.05, 0) is 12.1 Å². The Balaban J connectivity index is 2.21. The predicted octanol–water partition coefficient (Wildman–Crippen LogP) is 3.04. The molecule has 0 aliphatic heterocycles. The van der Waals surface area contributed by atoms with E-state index in [2.05, 4.69) is 10.3 Å². The van der Waals surface area contributed by atoms with Crippen molar-refractivity contribution < 1.29 is 0 Å². The average molecular weight is 284 g/mol. The molecule has 88 valence electrons.